The molecule has 0 aliphatic carbocycles. The van der Waals surface area contributed by atoms with Crippen LogP contribution in [-0.4, -0.2) is 49.0 Å². The molecule has 0 fully saturated rings. The molecule has 0 atom stereocenters. The summed E-state index contributed by atoms with van der Waals surface area (Å²) in [5, 5.41) is 0. The Morgan fingerprint density at radius 3 is 2.13 bits per heavy atom. The maximum Gasteiger partial charge on any atom is 0.0330 e. The highest BCUT2D eigenvalue weighted by Crippen LogP contribution is 2.18. The van der Waals surface area contributed by atoms with Crippen LogP contribution in [-0.2, 0) is 0 Å². The van der Waals surface area contributed by atoms with Gasteiger partial charge in [0.2, 0.25) is 0 Å². The summed E-state index contributed by atoms with van der Waals surface area (Å²) in [6, 6.07) is 0. The summed E-state index contributed by atoms with van der Waals surface area (Å²) in [7, 11) is 2.36. The van der Waals surface area contributed by atoms with Gasteiger partial charge >= 0.3 is 0 Å². The van der Waals surface area contributed by atoms with E-state index in [-0.39, 0.29) is 5.54 Å². The van der Waals surface area contributed by atoms with Gasteiger partial charge in [-0.05, 0) is 40.7 Å². The van der Waals surface area contributed by atoms with Crippen LogP contribution in [0.15, 0.2) is 16.8 Å². The molecule has 0 saturated heterocycles. The van der Waals surface area contributed by atoms with Gasteiger partial charge in [-0.2, -0.15) is 0 Å². The zero-order valence-electron chi connectivity index (χ0n) is 11.4. The van der Waals surface area contributed by atoms with Crippen LogP contribution >= 0.6 is 0 Å². The van der Waals surface area contributed by atoms with Crippen LogP contribution in [0.2, 0.25) is 0 Å². The lowest BCUT2D eigenvalue weighted by Gasteiger charge is -2.37. The predicted molar refractivity (Wildman–Crippen MR) is 78.1 cm³/mol. The molecule has 0 bridgehead atoms. The van der Waals surface area contributed by atoms with Crippen molar-refractivity contribution < 1.29 is 0 Å². The third kappa shape index (κ3) is 5.32. The molecule has 0 spiro atoms. The smallest absolute Gasteiger partial charge is 0.0330 e. The number of hydrogen-bond acceptors (Lipinski definition) is 2. The molecule has 0 aliphatic heterocycles. The Morgan fingerprint density at radius 1 is 1.27 bits per heavy atom. The van der Waals surface area contributed by atoms with Gasteiger partial charge in [-0.1, -0.05) is 0 Å². The summed E-state index contributed by atoms with van der Waals surface area (Å²) < 4.78 is 0. The van der Waals surface area contributed by atoms with Crippen LogP contribution in [0.3, 0.4) is 0 Å². The van der Waals surface area contributed by atoms with Crippen molar-refractivity contribution in [1.29, 1.82) is 0 Å². The molecule has 0 aromatic heterocycles. The number of allylic oxidation sites excluding steroid dienone is 2. The van der Waals surface area contributed by atoms with E-state index in [2.05, 4.69) is 50.6 Å². The maximum absolute atomic E-state index is 4.45. The third-order valence-corrected chi connectivity index (χ3v) is 3.33. The van der Waals surface area contributed by atoms with Crippen molar-refractivity contribution in [2.24, 2.45) is 4.99 Å². The minimum absolute atomic E-state index is 0.226. The van der Waals surface area contributed by atoms with Gasteiger partial charge in [0.25, 0.3) is 0 Å². The van der Waals surface area contributed by atoms with E-state index in [1.807, 2.05) is 0 Å². The summed E-state index contributed by atoms with van der Waals surface area (Å²) in [4.78, 5) is 6.91. The molecule has 0 aliphatic rings. The molecular weight excluding hydrogens is 216 g/mol. The molecule has 0 aromatic rings. The Hall–Kier alpha value is -0.356. The summed E-state index contributed by atoms with van der Waals surface area (Å²) in [6.45, 7) is 11.1. The summed E-state index contributed by atoms with van der Waals surface area (Å²) in [5.41, 5.74) is 2.73. The van der Waals surface area contributed by atoms with Gasteiger partial charge < -0.3 is 4.90 Å². The monoisotopic (exact) mass is 242 g/mol. The van der Waals surface area contributed by atoms with Crippen LogP contribution in [0.4, 0.5) is 0 Å². The van der Waals surface area contributed by atoms with E-state index in [9.17, 15) is 0 Å². The average Bonchev–Trinajstić information content (AvgIpc) is 2.02. The summed E-state index contributed by atoms with van der Waals surface area (Å²) in [6.07, 6.45) is 4.40. The number of hydrogen-bond donors (Lipinski definition) is 0. The molecule has 0 radical (unpaired) electrons. The van der Waals surface area contributed by atoms with Gasteiger partial charge in [-0.3, -0.25) is 4.99 Å². The molecular formula is C11H26N2Si2. The van der Waals surface area contributed by atoms with E-state index in [4.69, 9.17) is 0 Å². The lowest BCUT2D eigenvalue weighted by atomic mass is 10.1. The van der Waals surface area contributed by atoms with Crippen molar-refractivity contribution >= 4 is 26.2 Å². The Morgan fingerprint density at radius 2 is 1.80 bits per heavy atom. The lowest BCUT2D eigenvalue weighted by molar-refractivity contribution is 0.216. The van der Waals surface area contributed by atoms with E-state index >= 15 is 0 Å². The van der Waals surface area contributed by atoms with Crippen molar-refractivity contribution in [1.82, 2.24) is 4.90 Å². The van der Waals surface area contributed by atoms with Crippen LogP contribution in [0.25, 0.3) is 0 Å². The maximum atomic E-state index is 4.45. The van der Waals surface area contributed by atoms with Crippen molar-refractivity contribution in [2.45, 2.75) is 40.2 Å². The Balaban J connectivity index is 4.80. The van der Waals surface area contributed by atoms with E-state index in [1.54, 1.807) is 0 Å². The standard InChI is InChI=1S/C11H26N2Si2/c1-9(12-7-14)6-10(2)13(8-15)11(3,4)5/h6H,7-8H2,1-5,14-15H3/b10-6-,12-9?. The second kappa shape index (κ2) is 6.28. The molecule has 0 unspecified atom stereocenters. The molecule has 0 amide bonds. The van der Waals surface area contributed by atoms with Crippen molar-refractivity contribution in [2.75, 3.05) is 12.3 Å². The van der Waals surface area contributed by atoms with E-state index < -0.39 is 0 Å². The molecule has 0 heterocycles. The van der Waals surface area contributed by atoms with Crippen LogP contribution in [0.5, 0.6) is 0 Å². The van der Waals surface area contributed by atoms with Crippen LogP contribution in [0, 0.1) is 0 Å². The SMILES string of the molecule is CC(/C=C(/C)N(C[SiH3])C(C)(C)C)=NC[SiH3]. The second-order valence-corrected chi connectivity index (χ2v) is 6.08. The Kier molecular flexibility index (Phi) is 6.13. The van der Waals surface area contributed by atoms with Gasteiger partial charge in [0.05, 0.1) is 0 Å². The van der Waals surface area contributed by atoms with E-state index in [0.717, 1.165) is 22.1 Å². The van der Waals surface area contributed by atoms with Gasteiger partial charge in [0, 0.05) is 49.8 Å². The Bertz CT molecular complexity index is 252. The minimum Gasteiger partial charge on any atom is -0.374 e. The fourth-order valence-corrected chi connectivity index (χ4v) is 3.87. The first-order valence-corrected chi connectivity index (χ1v) is 8.62. The van der Waals surface area contributed by atoms with Gasteiger partial charge in [0.1, 0.15) is 0 Å². The molecule has 4 heteroatoms. The van der Waals surface area contributed by atoms with Crippen LogP contribution < -0.4 is 0 Å². The minimum atomic E-state index is 0.226. The molecule has 0 aromatic carbocycles. The van der Waals surface area contributed by atoms with Gasteiger partial charge in [-0.25, -0.2) is 0 Å². The topological polar surface area (TPSA) is 15.6 Å². The van der Waals surface area contributed by atoms with Gasteiger partial charge in [-0.15, -0.1) is 0 Å². The zero-order chi connectivity index (χ0) is 12.1. The predicted octanol–water partition coefficient (Wildman–Crippen LogP) is 0.0974. The van der Waals surface area contributed by atoms with Crippen molar-refractivity contribution in [3.8, 4) is 0 Å². The molecule has 0 N–H and O–H groups in total. The van der Waals surface area contributed by atoms with Crippen molar-refractivity contribution in [3.05, 3.63) is 11.8 Å². The molecule has 0 rings (SSSR count). The third-order valence-electron chi connectivity index (χ3n) is 2.38. The fourth-order valence-electron chi connectivity index (χ4n) is 1.93. The molecule has 88 valence electrons. The second-order valence-electron chi connectivity index (χ2n) is 4.82. The summed E-state index contributed by atoms with van der Waals surface area (Å²) in [5.74, 6) is 0. The van der Waals surface area contributed by atoms with Crippen LogP contribution in [0.1, 0.15) is 34.6 Å². The first kappa shape index (κ1) is 14.6. The quantitative estimate of drug-likeness (QED) is 0.504. The van der Waals surface area contributed by atoms with Gasteiger partial charge in [0.15, 0.2) is 0 Å². The number of nitrogens with zero attached hydrogens (tertiary/aromatic N) is 2. The van der Waals surface area contributed by atoms with E-state index in [1.165, 1.54) is 22.1 Å². The lowest BCUT2D eigenvalue weighted by Crippen LogP contribution is -2.40. The first-order chi connectivity index (χ1) is 6.82. The number of rotatable bonds is 4. The van der Waals surface area contributed by atoms with Crippen molar-refractivity contribution in [3.63, 3.8) is 0 Å². The highest BCUT2D eigenvalue weighted by molar-refractivity contribution is 6.10. The number of aliphatic imine (C=N–C) groups is 1. The molecule has 15 heavy (non-hydrogen) atoms. The highest BCUT2D eigenvalue weighted by Gasteiger charge is 2.19. The largest absolute Gasteiger partial charge is 0.374 e. The Labute approximate surface area is 101 Å². The highest BCUT2D eigenvalue weighted by atomic mass is 28.1. The molecule has 0 saturated carbocycles. The fraction of sp³-hybridized carbons (Fsp3) is 0.727. The van der Waals surface area contributed by atoms with E-state index in [0.29, 0.717) is 0 Å². The summed E-state index contributed by atoms with van der Waals surface area (Å²) >= 11 is 0. The first-order valence-electron chi connectivity index (χ1n) is 5.79. The average molecular weight is 243 g/mol. The molecule has 2 nitrogen and oxygen atoms in total. The normalized spacial score (nSPS) is 14.7. The zero-order valence-corrected chi connectivity index (χ0v) is 15.4.